The fourth-order valence-corrected chi connectivity index (χ4v) is 3.96. The molecule has 0 spiro atoms. The van der Waals surface area contributed by atoms with E-state index in [2.05, 4.69) is 9.72 Å². The highest BCUT2D eigenvalue weighted by Crippen LogP contribution is 2.45. The molecule has 1 aliphatic heterocycles. The quantitative estimate of drug-likeness (QED) is 0.744. The van der Waals surface area contributed by atoms with Gasteiger partial charge in [0.2, 0.25) is 0 Å². The smallest absolute Gasteiger partial charge is 0.356 e. The molecule has 0 unspecified atom stereocenters. The second-order valence-electron chi connectivity index (χ2n) is 5.99. The van der Waals surface area contributed by atoms with E-state index in [1.165, 1.54) is 6.08 Å². The molecule has 3 rings (SSSR count). The van der Waals surface area contributed by atoms with E-state index >= 15 is 0 Å². The molecule has 0 atom stereocenters. The van der Waals surface area contributed by atoms with Gasteiger partial charge in [0, 0.05) is 5.75 Å². The fourth-order valence-electron chi connectivity index (χ4n) is 2.78. The molecular weight excluding hydrogens is 383 g/mol. The Morgan fingerprint density at radius 1 is 1.15 bits per heavy atom. The largest absolute Gasteiger partial charge is 0.464 e. The monoisotopic (exact) mass is 399 g/mol. The number of halogens is 3. The number of esters is 1. The summed E-state index contributed by atoms with van der Waals surface area (Å²) in [5.74, 6) is -3.81. The minimum atomic E-state index is -2.68. The zero-order valence-electron chi connectivity index (χ0n) is 14.2. The molecule has 144 valence electrons. The lowest BCUT2D eigenvalue weighted by molar-refractivity contribution is 0.0594. The Balaban J connectivity index is 2.04. The van der Waals surface area contributed by atoms with E-state index in [4.69, 9.17) is 0 Å². The number of nitrogens with zero attached hydrogens (tertiary/aromatic N) is 1. The maximum atomic E-state index is 14.6. The molecule has 0 fully saturated rings. The first-order chi connectivity index (χ1) is 12.7. The maximum Gasteiger partial charge on any atom is 0.356 e. The summed E-state index contributed by atoms with van der Waals surface area (Å²) in [5.41, 5.74) is -0.804. The molecule has 1 aliphatic rings. The number of methoxy groups -OCH3 is 1. The Kier molecular flexibility index (Phi) is 5.27. The molecule has 5 nitrogen and oxygen atoms in total. The Hall–Kier alpha value is -2.36. The highest BCUT2D eigenvalue weighted by Gasteiger charge is 2.23. The molecule has 1 aromatic heterocycles. The van der Waals surface area contributed by atoms with Gasteiger partial charge >= 0.3 is 5.97 Å². The van der Waals surface area contributed by atoms with Crippen molar-refractivity contribution in [3.05, 3.63) is 59.1 Å². The lowest BCUT2D eigenvalue weighted by atomic mass is 9.99. The number of benzene rings is 1. The van der Waals surface area contributed by atoms with Crippen molar-refractivity contribution in [1.82, 2.24) is 4.98 Å². The van der Waals surface area contributed by atoms with E-state index in [9.17, 15) is 27.1 Å². The summed E-state index contributed by atoms with van der Waals surface area (Å²) in [6, 6.07) is 4.01. The highest BCUT2D eigenvalue weighted by molar-refractivity contribution is 8.24. The third-order valence-corrected chi connectivity index (χ3v) is 5.74. The molecule has 2 aromatic rings. The van der Waals surface area contributed by atoms with Crippen molar-refractivity contribution in [2.45, 2.75) is 6.42 Å². The van der Waals surface area contributed by atoms with Crippen LogP contribution >= 0.6 is 10.6 Å². The normalized spacial score (nSPS) is 17.2. The third-order valence-electron chi connectivity index (χ3n) is 4.19. The van der Waals surface area contributed by atoms with Crippen LogP contribution in [0.25, 0.3) is 16.8 Å². The number of pyridine rings is 1. The topological polar surface area (TPSA) is 79.7 Å². The van der Waals surface area contributed by atoms with Gasteiger partial charge in [0.05, 0.1) is 18.4 Å². The number of carbonyl (C=O) groups is 1. The van der Waals surface area contributed by atoms with Gasteiger partial charge in [-0.25, -0.2) is 22.9 Å². The van der Waals surface area contributed by atoms with E-state index in [1.54, 1.807) is 0 Å². The second kappa shape index (κ2) is 7.34. The van der Waals surface area contributed by atoms with E-state index in [0.717, 1.165) is 31.4 Å². The van der Waals surface area contributed by atoms with E-state index in [1.807, 2.05) is 0 Å². The molecule has 1 aromatic carbocycles. The molecule has 0 aliphatic carbocycles. The zero-order chi connectivity index (χ0) is 19.8. The summed E-state index contributed by atoms with van der Waals surface area (Å²) in [6.45, 7) is 0. The van der Waals surface area contributed by atoms with Crippen LogP contribution in [0.3, 0.4) is 0 Å². The number of rotatable bonds is 3. The van der Waals surface area contributed by atoms with Crippen LogP contribution in [0.2, 0.25) is 0 Å². The molecule has 27 heavy (non-hydrogen) atoms. The lowest BCUT2D eigenvalue weighted by Gasteiger charge is -2.35. The Bertz CT molecular complexity index is 923. The van der Waals surface area contributed by atoms with Crippen molar-refractivity contribution < 1.29 is 31.8 Å². The van der Waals surface area contributed by atoms with Crippen molar-refractivity contribution in [2.24, 2.45) is 0 Å². The van der Waals surface area contributed by atoms with Crippen LogP contribution < -0.4 is 0 Å². The van der Waals surface area contributed by atoms with Gasteiger partial charge in [-0.1, -0.05) is 6.08 Å². The number of allylic oxidation sites excluding steroid dienone is 1. The van der Waals surface area contributed by atoms with Gasteiger partial charge in [0.1, 0.15) is 28.8 Å². The van der Waals surface area contributed by atoms with Gasteiger partial charge in [-0.05, 0) is 41.8 Å². The van der Waals surface area contributed by atoms with Crippen LogP contribution in [0.5, 0.6) is 0 Å². The predicted octanol–water partition coefficient (Wildman–Crippen LogP) is 4.49. The number of aromatic nitrogens is 1. The average Bonchev–Trinajstić information content (AvgIpc) is 2.61. The fraction of sp³-hybridized carbons (Fsp3) is 0.222. The standard InChI is InChI=1S/C18H16F3NO4S/c1-26-18(23)15-3-2-12(19)17(22-15)16-13(20)8-11(9-14(16)21)10-4-6-27(24,25)7-5-10/h2-4,8-9,24-25H,5-7H2,1H3. The van der Waals surface area contributed by atoms with Crippen LogP contribution in [0.15, 0.2) is 30.3 Å². The van der Waals surface area contributed by atoms with Crippen molar-refractivity contribution in [3.63, 3.8) is 0 Å². The number of hydrogen-bond donors (Lipinski definition) is 2. The van der Waals surface area contributed by atoms with E-state index in [-0.39, 0.29) is 29.2 Å². The van der Waals surface area contributed by atoms with Crippen LogP contribution in [-0.4, -0.2) is 38.7 Å². The molecule has 0 amide bonds. The number of hydrogen-bond acceptors (Lipinski definition) is 5. The van der Waals surface area contributed by atoms with Gasteiger partial charge in [0.25, 0.3) is 0 Å². The second-order valence-corrected chi connectivity index (χ2v) is 8.33. The Labute approximate surface area is 154 Å². The molecule has 0 radical (unpaired) electrons. The average molecular weight is 399 g/mol. The van der Waals surface area contributed by atoms with E-state index in [0.29, 0.717) is 5.57 Å². The number of carbonyl (C=O) groups excluding carboxylic acids is 1. The summed E-state index contributed by atoms with van der Waals surface area (Å²) in [6.07, 6.45) is 1.79. The predicted molar refractivity (Wildman–Crippen MR) is 96.1 cm³/mol. The van der Waals surface area contributed by atoms with E-state index < -0.39 is 45.3 Å². The molecule has 0 saturated heterocycles. The molecule has 2 heterocycles. The van der Waals surface area contributed by atoms with Crippen molar-refractivity contribution in [3.8, 4) is 11.3 Å². The van der Waals surface area contributed by atoms with Crippen molar-refractivity contribution in [2.75, 3.05) is 18.6 Å². The van der Waals surface area contributed by atoms with Gasteiger partial charge in [-0.15, -0.1) is 0 Å². The molecule has 2 N–H and O–H groups in total. The third kappa shape index (κ3) is 4.00. The van der Waals surface area contributed by atoms with Crippen molar-refractivity contribution >= 4 is 22.1 Å². The van der Waals surface area contributed by atoms with Crippen LogP contribution in [0.1, 0.15) is 22.5 Å². The van der Waals surface area contributed by atoms with Crippen LogP contribution in [0, 0.1) is 17.5 Å². The van der Waals surface area contributed by atoms with Gasteiger partial charge in [-0.3, -0.25) is 9.11 Å². The van der Waals surface area contributed by atoms with Crippen LogP contribution in [-0.2, 0) is 4.74 Å². The summed E-state index contributed by atoms with van der Waals surface area (Å²) < 4.78 is 67.1. The Morgan fingerprint density at radius 3 is 2.37 bits per heavy atom. The summed E-state index contributed by atoms with van der Waals surface area (Å²) in [5, 5.41) is 0. The summed E-state index contributed by atoms with van der Waals surface area (Å²) >= 11 is 0. The van der Waals surface area contributed by atoms with Gasteiger partial charge in [0.15, 0.2) is 0 Å². The maximum absolute atomic E-state index is 14.6. The van der Waals surface area contributed by atoms with Crippen LogP contribution in [0.4, 0.5) is 13.2 Å². The summed E-state index contributed by atoms with van der Waals surface area (Å²) in [7, 11) is -1.58. The van der Waals surface area contributed by atoms with Crippen molar-refractivity contribution in [1.29, 1.82) is 0 Å². The molecule has 9 heteroatoms. The molecule has 0 bridgehead atoms. The highest BCUT2D eigenvalue weighted by atomic mass is 32.3. The minimum absolute atomic E-state index is 0.0185. The Morgan fingerprint density at radius 2 is 1.81 bits per heavy atom. The molecular formula is C18H16F3NO4S. The van der Waals surface area contributed by atoms with Gasteiger partial charge < -0.3 is 4.74 Å². The first kappa shape index (κ1) is 19.4. The van der Waals surface area contributed by atoms with Gasteiger partial charge in [-0.2, -0.15) is 10.6 Å². The minimum Gasteiger partial charge on any atom is -0.464 e. The first-order valence-electron chi connectivity index (χ1n) is 7.89. The lowest BCUT2D eigenvalue weighted by Crippen LogP contribution is -2.12. The SMILES string of the molecule is COC(=O)c1ccc(F)c(-c2c(F)cc(C3=CCS(O)(O)CC3)cc2F)n1. The first-order valence-corrected chi connectivity index (χ1v) is 9.77. The summed E-state index contributed by atoms with van der Waals surface area (Å²) in [4.78, 5) is 15.2. The molecule has 0 saturated carbocycles. The number of ether oxygens (including phenoxy) is 1. The zero-order valence-corrected chi connectivity index (χ0v) is 15.0.